The van der Waals surface area contributed by atoms with E-state index in [9.17, 15) is 8.22 Å². The van der Waals surface area contributed by atoms with Crippen LogP contribution in [0.15, 0.2) is 169 Å². The molecule has 0 saturated heterocycles. The second-order valence-electron chi connectivity index (χ2n) is 10.0. The highest BCUT2D eigenvalue weighted by Crippen LogP contribution is 2.42. The van der Waals surface area contributed by atoms with E-state index >= 15 is 0 Å². The molecule has 0 unspecified atom stereocenters. The molecule has 206 valence electrons. The molecule has 0 aliphatic heterocycles. The lowest BCUT2D eigenvalue weighted by molar-refractivity contribution is 1.17. The third-order valence-electron chi connectivity index (χ3n) is 7.64. The predicted octanol–water partition coefficient (Wildman–Crippen LogP) is 11.2. The molecule has 2 nitrogen and oxygen atoms in total. The van der Waals surface area contributed by atoms with E-state index in [1.54, 1.807) is 59.2 Å². The number of hydrogen-bond donors (Lipinski definition) is 0. The SMILES string of the molecule is [2H]c1c([2H])c([2H])c(-c2c([2H])c([2H])c(-n3c4ccccc4c4c3ccc3c5ccccc5n(-c5c([2H])c([2H])c(-c6c([2H])c([2H])c([2H])c([2H])c6[2H])c([2H])c5[2H])c34)c([2H])c2[2H])c([2H])c1[2H]. The smallest absolute Gasteiger partial charge is 0.0645 e. The zero-order valence-corrected chi connectivity index (χ0v) is 22.7. The van der Waals surface area contributed by atoms with Crippen LogP contribution in [0.4, 0.5) is 0 Å². The number of para-hydroxylation sites is 2. The highest BCUT2D eigenvalue weighted by atomic mass is 15.0. The predicted molar refractivity (Wildman–Crippen MR) is 186 cm³/mol. The van der Waals surface area contributed by atoms with Crippen molar-refractivity contribution in [2.24, 2.45) is 0 Å². The Balaban J connectivity index is 1.41. The molecule has 2 heterocycles. The molecule has 9 rings (SSSR count). The van der Waals surface area contributed by atoms with Gasteiger partial charge < -0.3 is 9.13 Å². The van der Waals surface area contributed by atoms with Crippen LogP contribution in [0.2, 0.25) is 0 Å². The molecule has 0 aliphatic carbocycles. The Morgan fingerprint density at radius 1 is 0.364 bits per heavy atom. The molecule has 0 N–H and O–H groups in total. The molecular formula is C42H28N2. The Morgan fingerprint density at radius 3 is 1.43 bits per heavy atom. The Bertz CT molecular complexity index is 3400. The fraction of sp³-hybridized carbons (Fsp3) is 0. The van der Waals surface area contributed by atoms with Crippen LogP contribution >= 0.6 is 0 Å². The number of rotatable bonds is 4. The fourth-order valence-electron chi connectivity index (χ4n) is 5.82. The van der Waals surface area contributed by atoms with Gasteiger partial charge in [-0.15, -0.1) is 0 Å². The Hall–Kier alpha value is -5.86. The van der Waals surface area contributed by atoms with Gasteiger partial charge in [0.1, 0.15) is 0 Å². The van der Waals surface area contributed by atoms with Gasteiger partial charge >= 0.3 is 0 Å². The maximum Gasteiger partial charge on any atom is 0.0645 e. The Kier molecular flexibility index (Phi) is 2.87. The number of hydrogen-bond acceptors (Lipinski definition) is 0. The summed E-state index contributed by atoms with van der Waals surface area (Å²) in [6.45, 7) is 0. The molecule has 2 aromatic heterocycles. The minimum atomic E-state index is -0.700. The lowest BCUT2D eigenvalue weighted by Gasteiger charge is -2.11. The van der Waals surface area contributed by atoms with E-state index in [1.165, 1.54) is 4.57 Å². The summed E-state index contributed by atoms with van der Waals surface area (Å²) in [5, 5.41) is 2.26. The van der Waals surface area contributed by atoms with E-state index in [2.05, 4.69) is 0 Å². The van der Waals surface area contributed by atoms with Crippen molar-refractivity contribution in [2.45, 2.75) is 0 Å². The topological polar surface area (TPSA) is 9.86 Å². The molecule has 0 aliphatic rings. The molecule has 2 heteroatoms. The van der Waals surface area contributed by atoms with Crippen molar-refractivity contribution in [1.29, 1.82) is 0 Å². The van der Waals surface area contributed by atoms with Crippen molar-refractivity contribution < 1.29 is 24.7 Å². The van der Waals surface area contributed by atoms with Crippen molar-refractivity contribution in [2.75, 3.05) is 0 Å². The summed E-state index contributed by atoms with van der Waals surface area (Å²) in [7, 11) is 0. The molecular weight excluding hydrogens is 532 g/mol. The first-order valence-corrected chi connectivity index (χ1v) is 13.7. The van der Waals surface area contributed by atoms with Crippen molar-refractivity contribution >= 4 is 43.6 Å². The van der Waals surface area contributed by atoms with Crippen LogP contribution in [-0.2, 0) is 0 Å². The third-order valence-corrected chi connectivity index (χ3v) is 7.64. The Labute approximate surface area is 281 Å². The summed E-state index contributed by atoms with van der Waals surface area (Å²) < 4.78 is 160. The van der Waals surface area contributed by atoms with Gasteiger partial charge in [0, 0.05) is 32.9 Å². The van der Waals surface area contributed by atoms with E-state index in [4.69, 9.17) is 16.4 Å². The lowest BCUT2D eigenvalue weighted by atomic mass is 10.1. The molecule has 0 spiro atoms. The molecule has 0 atom stereocenters. The van der Waals surface area contributed by atoms with E-state index in [-0.39, 0.29) is 11.4 Å². The number of nitrogens with zero attached hydrogens (tertiary/aromatic N) is 2. The molecule has 0 radical (unpaired) electrons. The summed E-state index contributed by atoms with van der Waals surface area (Å²) in [5.41, 5.74) is -0.704. The van der Waals surface area contributed by atoms with Crippen molar-refractivity contribution in [1.82, 2.24) is 9.13 Å². The van der Waals surface area contributed by atoms with Gasteiger partial charge in [-0.05, 0) is 64.6 Å². The van der Waals surface area contributed by atoms with Crippen LogP contribution in [0.3, 0.4) is 0 Å². The van der Waals surface area contributed by atoms with E-state index in [0.717, 1.165) is 0 Å². The van der Waals surface area contributed by atoms with Gasteiger partial charge in [0.25, 0.3) is 0 Å². The minimum absolute atomic E-state index is 0.209. The van der Waals surface area contributed by atoms with Gasteiger partial charge in [0.05, 0.1) is 46.7 Å². The molecule has 0 fully saturated rings. The maximum absolute atomic E-state index is 9.39. The second-order valence-corrected chi connectivity index (χ2v) is 10.0. The summed E-state index contributed by atoms with van der Waals surface area (Å²) in [6, 6.07) is 5.68. The average Bonchev–Trinajstić information content (AvgIpc) is 3.77. The minimum Gasteiger partial charge on any atom is -0.309 e. The molecule has 0 saturated carbocycles. The first kappa shape index (κ1) is 12.8. The highest BCUT2D eigenvalue weighted by molar-refractivity contribution is 6.26. The van der Waals surface area contributed by atoms with Gasteiger partial charge in [-0.2, -0.15) is 0 Å². The zero-order chi connectivity index (χ0) is 44.7. The molecule has 7 aromatic carbocycles. The summed E-state index contributed by atoms with van der Waals surface area (Å²) >= 11 is 0. The van der Waals surface area contributed by atoms with Crippen molar-refractivity contribution in [3.63, 3.8) is 0 Å². The lowest BCUT2D eigenvalue weighted by Crippen LogP contribution is -1.95. The van der Waals surface area contributed by atoms with Crippen molar-refractivity contribution in [3.05, 3.63) is 169 Å². The number of aromatic nitrogens is 2. The second kappa shape index (κ2) is 9.86. The van der Waals surface area contributed by atoms with Gasteiger partial charge in [-0.3, -0.25) is 0 Å². The number of benzene rings is 7. The van der Waals surface area contributed by atoms with Gasteiger partial charge in [-0.1, -0.05) is 127 Å². The van der Waals surface area contributed by atoms with E-state index in [1.807, 2.05) is 6.07 Å². The standard InChI is InChI=1S/C42H28N2/c1-3-11-29(12-4-1)31-19-23-33(24-20-31)43-39-18-10-8-16-37(39)41-40(43)28-27-36-35-15-7-9-17-38(35)44(42(36)41)34-25-21-32(22-26-34)30-13-5-2-6-14-30/h1-28H/i1D,2D,3D,4D,5D,6D,11D,12D,13D,14D,19D,20D,21D,22D,23D,24D,25D,26D. The molecule has 9 aromatic rings. The zero-order valence-electron chi connectivity index (χ0n) is 40.7. The van der Waals surface area contributed by atoms with Gasteiger partial charge in [0.15, 0.2) is 0 Å². The van der Waals surface area contributed by atoms with Crippen molar-refractivity contribution in [3.8, 4) is 33.6 Å². The van der Waals surface area contributed by atoms with Crippen LogP contribution in [0, 0.1) is 0 Å². The summed E-state index contributed by atoms with van der Waals surface area (Å²) in [6.07, 6.45) is 0. The average molecular weight is 579 g/mol. The van der Waals surface area contributed by atoms with E-state index < -0.39 is 131 Å². The largest absolute Gasteiger partial charge is 0.309 e. The first-order valence-electron chi connectivity index (χ1n) is 22.7. The quantitative estimate of drug-likeness (QED) is 0.197. The van der Waals surface area contributed by atoms with Crippen LogP contribution in [-0.4, -0.2) is 9.13 Å². The molecule has 0 bridgehead atoms. The fourth-order valence-corrected chi connectivity index (χ4v) is 5.82. The maximum atomic E-state index is 9.39. The summed E-state index contributed by atoms with van der Waals surface area (Å²) in [4.78, 5) is 0. The Morgan fingerprint density at radius 2 is 0.841 bits per heavy atom. The molecule has 44 heavy (non-hydrogen) atoms. The molecule has 0 amide bonds. The third kappa shape index (κ3) is 3.75. The number of fused-ring (bicyclic) bond motifs is 7. The van der Waals surface area contributed by atoms with Crippen LogP contribution in [0.25, 0.3) is 77.2 Å². The van der Waals surface area contributed by atoms with Gasteiger partial charge in [0.2, 0.25) is 0 Å². The van der Waals surface area contributed by atoms with Gasteiger partial charge in [-0.25, -0.2) is 0 Å². The normalized spacial score (nSPS) is 17.4. The van der Waals surface area contributed by atoms with E-state index in [0.29, 0.717) is 43.6 Å². The van der Waals surface area contributed by atoms with Crippen LogP contribution < -0.4 is 0 Å². The van der Waals surface area contributed by atoms with Crippen LogP contribution in [0.5, 0.6) is 0 Å². The monoisotopic (exact) mass is 578 g/mol. The first-order chi connectivity index (χ1) is 29.3. The van der Waals surface area contributed by atoms with Crippen LogP contribution in [0.1, 0.15) is 24.7 Å². The highest BCUT2D eigenvalue weighted by Gasteiger charge is 2.20. The summed E-state index contributed by atoms with van der Waals surface area (Å²) in [5.74, 6) is 0.